The summed E-state index contributed by atoms with van der Waals surface area (Å²) < 4.78 is 40.4. The molecule has 4 aromatic rings. The van der Waals surface area contributed by atoms with Crippen molar-refractivity contribution in [2.24, 2.45) is 0 Å². The molecule has 0 spiro atoms. The number of hydrogen-bond donors (Lipinski definition) is 3. The average Bonchev–Trinajstić information content (AvgIpc) is 3.24. The van der Waals surface area contributed by atoms with Crippen LogP contribution in [0.4, 0.5) is 15.9 Å². The van der Waals surface area contributed by atoms with Crippen LogP contribution in [0.2, 0.25) is 0 Å². The van der Waals surface area contributed by atoms with Gasteiger partial charge in [0.05, 0.1) is 17.9 Å². The van der Waals surface area contributed by atoms with Crippen LogP contribution < -0.4 is 10.0 Å². The molecule has 0 saturated carbocycles. The van der Waals surface area contributed by atoms with Crippen molar-refractivity contribution in [2.75, 3.05) is 15.8 Å². The van der Waals surface area contributed by atoms with Crippen molar-refractivity contribution in [3.63, 3.8) is 0 Å². The Hall–Kier alpha value is -3.72. The molecule has 2 heterocycles. The molecular formula is C23H21FN4O3S. The highest BCUT2D eigenvalue weighted by Crippen LogP contribution is 2.32. The zero-order valence-electron chi connectivity index (χ0n) is 17.2. The Balaban J connectivity index is 1.65. The number of benzene rings is 2. The van der Waals surface area contributed by atoms with Crippen LogP contribution in [0, 0.1) is 5.82 Å². The number of sulfonamides is 1. The molecule has 2 aromatic heterocycles. The molecule has 2 aromatic carbocycles. The normalized spacial score (nSPS) is 11.4. The summed E-state index contributed by atoms with van der Waals surface area (Å²) in [6.07, 6.45) is 1.90. The maximum absolute atomic E-state index is 14.7. The maximum atomic E-state index is 14.7. The molecule has 0 fully saturated rings. The number of carbonyl (C=O) groups is 1. The number of hydrogen-bond acceptors (Lipinski definition) is 4. The highest BCUT2D eigenvalue weighted by molar-refractivity contribution is 7.92. The fourth-order valence-corrected chi connectivity index (χ4v) is 3.96. The van der Waals surface area contributed by atoms with E-state index in [4.69, 9.17) is 0 Å². The zero-order chi connectivity index (χ0) is 22.7. The lowest BCUT2D eigenvalue weighted by Gasteiger charge is -2.11. The highest BCUT2D eigenvalue weighted by Gasteiger charge is 2.15. The summed E-state index contributed by atoms with van der Waals surface area (Å²) in [5.41, 5.74) is 2.46. The summed E-state index contributed by atoms with van der Waals surface area (Å²) in [6, 6.07) is 17.1. The van der Waals surface area contributed by atoms with Crippen LogP contribution in [-0.2, 0) is 21.2 Å². The molecule has 0 bridgehead atoms. The smallest absolute Gasteiger partial charge is 0.232 e. The van der Waals surface area contributed by atoms with Crippen LogP contribution in [0.15, 0.2) is 66.9 Å². The molecule has 32 heavy (non-hydrogen) atoms. The van der Waals surface area contributed by atoms with Gasteiger partial charge in [-0.3, -0.25) is 9.52 Å². The molecule has 0 aliphatic rings. The number of amides is 1. The van der Waals surface area contributed by atoms with E-state index in [2.05, 4.69) is 20.0 Å². The number of rotatable bonds is 7. The van der Waals surface area contributed by atoms with E-state index in [-0.39, 0.29) is 23.8 Å². The van der Waals surface area contributed by atoms with Crippen molar-refractivity contribution in [2.45, 2.75) is 13.3 Å². The van der Waals surface area contributed by atoms with E-state index in [0.29, 0.717) is 22.6 Å². The third-order valence-electron chi connectivity index (χ3n) is 4.93. The van der Waals surface area contributed by atoms with Crippen molar-refractivity contribution in [1.82, 2.24) is 9.97 Å². The predicted molar refractivity (Wildman–Crippen MR) is 123 cm³/mol. The van der Waals surface area contributed by atoms with E-state index in [1.807, 2.05) is 30.3 Å². The largest absolute Gasteiger partial charge is 0.346 e. The predicted octanol–water partition coefficient (Wildman–Crippen LogP) is 4.31. The molecular weight excluding hydrogens is 431 g/mol. The number of carbonyl (C=O) groups excluding carboxylic acids is 1. The number of nitrogens with one attached hydrogen (secondary N) is 3. The zero-order valence-corrected chi connectivity index (χ0v) is 18.0. The van der Waals surface area contributed by atoms with Crippen molar-refractivity contribution in [1.29, 1.82) is 0 Å². The molecule has 0 saturated heterocycles. The molecule has 7 nitrogen and oxygen atoms in total. The van der Waals surface area contributed by atoms with E-state index in [0.717, 1.165) is 10.9 Å². The van der Waals surface area contributed by atoms with Gasteiger partial charge in [0.1, 0.15) is 17.3 Å². The van der Waals surface area contributed by atoms with Crippen LogP contribution in [0.1, 0.15) is 12.5 Å². The lowest BCUT2D eigenvalue weighted by molar-refractivity contribution is -0.115. The minimum atomic E-state index is -3.60. The van der Waals surface area contributed by atoms with Gasteiger partial charge in [0.2, 0.25) is 15.9 Å². The van der Waals surface area contributed by atoms with Gasteiger partial charge in [0.15, 0.2) is 0 Å². The van der Waals surface area contributed by atoms with E-state index in [1.165, 1.54) is 19.1 Å². The first-order chi connectivity index (χ1) is 15.3. The molecule has 0 aliphatic heterocycles. The topological polar surface area (TPSA) is 104 Å². The number of anilines is 2. The van der Waals surface area contributed by atoms with Crippen LogP contribution in [-0.4, -0.2) is 30.0 Å². The van der Waals surface area contributed by atoms with Gasteiger partial charge in [-0.2, -0.15) is 0 Å². The maximum Gasteiger partial charge on any atom is 0.232 e. The van der Waals surface area contributed by atoms with Gasteiger partial charge in [0.25, 0.3) is 0 Å². The molecule has 4 rings (SSSR count). The van der Waals surface area contributed by atoms with Gasteiger partial charge in [-0.1, -0.05) is 36.4 Å². The fourth-order valence-electron chi connectivity index (χ4n) is 3.31. The number of fused-ring (bicyclic) bond motifs is 1. The minimum absolute atomic E-state index is 0.119. The first-order valence-corrected chi connectivity index (χ1v) is 11.6. The third-order valence-corrected chi connectivity index (χ3v) is 6.22. The number of aromatic amines is 1. The van der Waals surface area contributed by atoms with Gasteiger partial charge in [-0.05, 0) is 47.9 Å². The lowest BCUT2D eigenvalue weighted by Crippen LogP contribution is -2.15. The first kappa shape index (κ1) is 21.5. The average molecular weight is 453 g/mol. The number of nitrogens with zero attached hydrogens (tertiary/aromatic N) is 1. The lowest BCUT2D eigenvalue weighted by atomic mass is 10.0. The van der Waals surface area contributed by atoms with Crippen LogP contribution in [0.25, 0.3) is 22.2 Å². The molecule has 0 unspecified atom stereocenters. The number of halogens is 1. The van der Waals surface area contributed by atoms with Crippen LogP contribution in [0.3, 0.4) is 0 Å². The Kier molecular flexibility index (Phi) is 5.91. The Morgan fingerprint density at radius 2 is 1.88 bits per heavy atom. The Morgan fingerprint density at radius 3 is 2.59 bits per heavy atom. The quantitative estimate of drug-likeness (QED) is 0.389. The second kappa shape index (κ2) is 8.80. The van der Waals surface area contributed by atoms with Crippen molar-refractivity contribution >= 4 is 38.5 Å². The Bertz CT molecular complexity index is 1390. The standard InChI is InChI=1S/C23H21FN4O3S/c1-2-32(30,31)28-20-9-8-16(13-19(20)24)18-14-21(27-23-17(18)10-11-25-23)26-22(29)12-15-6-4-3-5-7-15/h3-11,13-14,28H,2,12H2,1H3,(H2,25,26,27,29). The van der Waals surface area contributed by atoms with Gasteiger partial charge >= 0.3 is 0 Å². The second-order valence-electron chi connectivity index (χ2n) is 7.21. The number of pyridine rings is 1. The van der Waals surface area contributed by atoms with Gasteiger partial charge in [-0.15, -0.1) is 0 Å². The van der Waals surface area contributed by atoms with Crippen molar-refractivity contribution in [3.05, 3.63) is 78.2 Å². The SMILES string of the molecule is CCS(=O)(=O)Nc1ccc(-c2cc(NC(=O)Cc3ccccc3)nc3[nH]ccc23)cc1F. The molecule has 0 aliphatic carbocycles. The molecule has 3 N–H and O–H groups in total. The van der Waals surface area contributed by atoms with Crippen molar-refractivity contribution < 1.29 is 17.6 Å². The van der Waals surface area contributed by atoms with Gasteiger partial charge < -0.3 is 10.3 Å². The fraction of sp³-hybridized carbons (Fsp3) is 0.130. The van der Waals surface area contributed by atoms with E-state index >= 15 is 0 Å². The van der Waals surface area contributed by atoms with E-state index in [9.17, 15) is 17.6 Å². The Labute approximate surface area is 184 Å². The summed E-state index contributed by atoms with van der Waals surface area (Å²) in [7, 11) is -3.60. The molecule has 0 atom stereocenters. The monoisotopic (exact) mass is 452 g/mol. The second-order valence-corrected chi connectivity index (χ2v) is 9.22. The third kappa shape index (κ3) is 4.78. The van der Waals surface area contributed by atoms with Crippen LogP contribution >= 0.6 is 0 Å². The van der Waals surface area contributed by atoms with E-state index in [1.54, 1.807) is 24.4 Å². The number of aromatic nitrogens is 2. The van der Waals surface area contributed by atoms with Gasteiger partial charge in [0, 0.05) is 11.6 Å². The molecule has 1 amide bonds. The van der Waals surface area contributed by atoms with Gasteiger partial charge in [-0.25, -0.2) is 17.8 Å². The number of H-pyrrole nitrogens is 1. The molecule has 9 heteroatoms. The summed E-state index contributed by atoms with van der Waals surface area (Å²) >= 11 is 0. The first-order valence-electron chi connectivity index (χ1n) is 9.97. The van der Waals surface area contributed by atoms with E-state index < -0.39 is 15.8 Å². The minimum Gasteiger partial charge on any atom is -0.346 e. The molecule has 0 radical (unpaired) electrons. The molecule has 164 valence electrons. The van der Waals surface area contributed by atoms with Crippen molar-refractivity contribution in [3.8, 4) is 11.1 Å². The summed E-state index contributed by atoms with van der Waals surface area (Å²) in [5, 5.41) is 3.53. The Morgan fingerprint density at radius 1 is 1.09 bits per heavy atom. The summed E-state index contributed by atoms with van der Waals surface area (Å²) in [4.78, 5) is 19.9. The highest BCUT2D eigenvalue weighted by atomic mass is 32.2. The summed E-state index contributed by atoms with van der Waals surface area (Å²) in [6.45, 7) is 1.47. The van der Waals surface area contributed by atoms with Crippen LogP contribution in [0.5, 0.6) is 0 Å². The summed E-state index contributed by atoms with van der Waals surface area (Å²) in [5.74, 6) is -0.757.